The molecule has 0 heterocycles. The fourth-order valence-electron chi connectivity index (χ4n) is 2.07. The lowest BCUT2D eigenvalue weighted by atomic mass is 10.1. The number of hydrazone groups is 1. The van der Waals surface area contributed by atoms with Crippen LogP contribution in [0.3, 0.4) is 0 Å². The SMILES string of the molecule is CCC(Nc1ccc(Cl)cc1)C(=O)N/N=C(\C)c1ccc(F)cc1. The van der Waals surface area contributed by atoms with E-state index in [4.69, 9.17) is 11.6 Å². The van der Waals surface area contributed by atoms with Crippen LogP contribution < -0.4 is 10.7 Å². The van der Waals surface area contributed by atoms with Gasteiger partial charge in [0.05, 0.1) is 5.71 Å². The van der Waals surface area contributed by atoms with Gasteiger partial charge >= 0.3 is 0 Å². The summed E-state index contributed by atoms with van der Waals surface area (Å²) in [6.45, 7) is 3.66. The molecule has 1 unspecified atom stereocenters. The molecule has 0 radical (unpaired) electrons. The lowest BCUT2D eigenvalue weighted by molar-refractivity contribution is -0.121. The van der Waals surface area contributed by atoms with Gasteiger partial charge in [0.25, 0.3) is 5.91 Å². The number of carbonyl (C=O) groups excluding carboxylic acids is 1. The molecule has 24 heavy (non-hydrogen) atoms. The quantitative estimate of drug-likeness (QED) is 0.607. The average molecular weight is 348 g/mol. The predicted molar refractivity (Wildman–Crippen MR) is 95.9 cm³/mol. The number of anilines is 1. The molecule has 0 saturated carbocycles. The average Bonchev–Trinajstić information content (AvgIpc) is 2.59. The Morgan fingerprint density at radius 3 is 2.38 bits per heavy atom. The van der Waals surface area contributed by atoms with E-state index in [-0.39, 0.29) is 11.7 Å². The van der Waals surface area contributed by atoms with Crippen LogP contribution in [-0.4, -0.2) is 17.7 Å². The van der Waals surface area contributed by atoms with Crippen molar-refractivity contribution >= 4 is 28.9 Å². The van der Waals surface area contributed by atoms with Crippen molar-refractivity contribution in [2.24, 2.45) is 5.10 Å². The molecule has 2 aromatic carbocycles. The maximum atomic E-state index is 12.9. The molecule has 6 heteroatoms. The van der Waals surface area contributed by atoms with Crippen molar-refractivity contribution in [2.75, 3.05) is 5.32 Å². The van der Waals surface area contributed by atoms with E-state index in [0.717, 1.165) is 11.3 Å². The third kappa shape index (κ3) is 5.06. The number of carbonyl (C=O) groups is 1. The van der Waals surface area contributed by atoms with Crippen molar-refractivity contribution in [3.8, 4) is 0 Å². The first kappa shape index (κ1) is 17.9. The Kier molecular flexibility index (Phi) is 6.32. The molecule has 2 aromatic rings. The highest BCUT2D eigenvalue weighted by Crippen LogP contribution is 2.15. The number of benzene rings is 2. The van der Waals surface area contributed by atoms with E-state index in [2.05, 4.69) is 15.8 Å². The zero-order chi connectivity index (χ0) is 17.5. The van der Waals surface area contributed by atoms with E-state index >= 15 is 0 Å². The monoisotopic (exact) mass is 347 g/mol. The normalized spacial score (nSPS) is 12.6. The summed E-state index contributed by atoms with van der Waals surface area (Å²) in [7, 11) is 0. The summed E-state index contributed by atoms with van der Waals surface area (Å²) in [6, 6.07) is 12.6. The highest BCUT2D eigenvalue weighted by atomic mass is 35.5. The van der Waals surface area contributed by atoms with E-state index in [1.165, 1.54) is 12.1 Å². The second-order valence-electron chi connectivity index (χ2n) is 5.29. The Hall–Kier alpha value is -2.40. The van der Waals surface area contributed by atoms with E-state index in [9.17, 15) is 9.18 Å². The van der Waals surface area contributed by atoms with E-state index in [1.807, 2.05) is 19.1 Å². The molecule has 0 aliphatic rings. The highest BCUT2D eigenvalue weighted by Gasteiger charge is 2.15. The number of nitrogens with zero attached hydrogens (tertiary/aromatic N) is 1. The van der Waals surface area contributed by atoms with E-state index in [1.54, 1.807) is 31.2 Å². The van der Waals surface area contributed by atoms with Gasteiger partial charge in [0, 0.05) is 10.7 Å². The van der Waals surface area contributed by atoms with Crippen LogP contribution in [0.15, 0.2) is 53.6 Å². The number of hydrogen-bond acceptors (Lipinski definition) is 3. The molecule has 0 saturated heterocycles. The van der Waals surface area contributed by atoms with Crippen molar-refractivity contribution in [2.45, 2.75) is 26.3 Å². The fraction of sp³-hybridized carbons (Fsp3) is 0.222. The maximum absolute atomic E-state index is 12.9. The van der Waals surface area contributed by atoms with Gasteiger partial charge in [0.1, 0.15) is 11.9 Å². The Bertz CT molecular complexity index is 714. The molecule has 0 fully saturated rings. The third-order valence-electron chi connectivity index (χ3n) is 3.51. The molecular weight excluding hydrogens is 329 g/mol. The molecule has 0 spiro atoms. The van der Waals surface area contributed by atoms with Crippen LogP contribution in [0.2, 0.25) is 5.02 Å². The summed E-state index contributed by atoms with van der Waals surface area (Å²) in [4.78, 5) is 12.3. The Morgan fingerprint density at radius 2 is 1.79 bits per heavy atom. The first-order valence-corrected chi connectivity index (χ1v) is 7.99. The Labute approximate surface area is 145 Å². The van der Waals surface area contributed by atoms with Crippen LogP contribution in [-0.2, 0) is 4.79 Å². The van der Waals surface area contributed by atoms with Crippen LogP contribution in [0.1, 0.15) is 25.8 Å². The molecule has 0 aliphatic heterocycles. The summed E-state index contributed by atoms with van der Waals surface area (Å²) >= 11 is 5.85. The molecule has 0 aromatic heterocycles. The van der Waals surface area contributed by atoms with Crippen molar-refractivity contribution in [3.63, 3.8) is 0 Å². The first-order valence-electron chi connectivity index (χ1n) is 7.61. The zero-order valence-electron chi connectivity index (χ0n) is 13.5. The summed E-state index contributed by atoms with van der Waals surface area (Å²) in [6.07, 6.45) is 0.597. The van der Waals surface area contributed by atoms with E-state index in [0.29, 0.717) is 17.2 Å². The minimum atomic E-state index is -0.420. The minimum Gasteiger partial charge on any atom is -0.374 e. The summed E-state index contributed by atoms with van der Waals surface area (Å²) < 4.78 is 12.9. The smallest absolute Gasteiger partial charge is 0.262 e. The Balaban J connectivity index is 1.99. The van der Waals surface area contributed by atoms with Gasteiger partial charge in [-0.2, -0.15) is 5.10 Å². The fourth-order valence-corrected chi connectivity index (χ4v) is 2.20. The summed E-state index contributed by atoms with van der Waals surface area (Å²) in [5, 5.41) is 7.86. The van der Waals surface area contributed by atoms with Crippen LogP contribution in [0.5, 0.6) is 0 Å². The molecule has 126 valence electrons. The largest absolute Gasteiger partial charge is 0.374 e. The van der Waals surface area contributed by atoms with Crippen molar-refractivity contribution < 1.29 is 9.18 Å². The van der Waals surface area contributed by atoms with Crippen molar-refractivity contribution in [1.82, 2.24) is 5.43 Å². The number of halogens is 2. The summed E-state index contributed by atoms with van der Waals surface area (Å²) in [5.74, 6) is -0.553. The molecule has 0 aliphatic carbocycles. The second kappa shape index (κ2) is 8.45. The molecule has 4 nitrogen and oxygen atoms in total. The topological polar surface area (TPSA) is 53.5 Å². The van der Waals surface area contributed by atoms with Crippen molar-refractivity contribution in [1.29, 1.82) is 0 Å². The number of amides is 1. The lowest BCUT2D eigenvalue weighted by Crippen LogP contribution is -2.37. The number of hydrogen-bond donors (Lipinski definition) is 2. The van der Waals surface area contributed by atoms with Gasteiger partial charge in [-0.1, -0.05) is 30.7 Å². The molecule has 2 N–H and O–H groups in total. The van der Waals surface area contributed by atoms with Crippen LogP contribution in [0.4, 0.5) is 10.1 Å². The van der Waals surface area contributed by atoms with Gasteiger partial charge < -0.3 is 5.32 Å². The van der Waals surface area contributed by atoms with E-state index < -0.39 is 6.04 Å². The van der Waals surface area contributed by atoms with Crippen molar-refractivity contribution in [3.05, 3.63) is 64.9 Å². The van der Waals surface area contributed by atoms with Crippen LogP contribution in [0, 0.1) is 5.82 Å². The van der Waals surface area contributed by atoms with Crippen LogP contribution >= 0.6 is 11.6 Å². The van der Waals surface area contributed by atoms with Gasteiger partial charge in [-0.05, 0) is 55.3 Å². The Morgan fingerprint density at radius 1 is 1.17 bits per heavy atom. The third-order valence-corrected chi connectivity index (χ3v) is 3.76. The predicted octanol–water partition coefficient (Wildman–Crippen LogP) is 4.21. The maximum Gasteiger partial charge on any atom is 0.262 e. The van der Waals surface area contributed by atoms with Gasteiger partial charge in [-0.3, -0.25) is 4.79 Å². The standard InChI is InChI=1S/C18H19ClFN3O/c1-3-17(21-16-10-6-14(19)7-11-16)18(24)23-22-12(2)13-4-8-15(20)9-5-13/h4-11,17,21H,3H2,1-2H3,(H,23,24)/b22-12+. The first-order chi connectivity index (χ1) is 11.5. The zero-order valence-corrected chi connectivity index (χ0v) is 14.3. The van der Waals surface area contributed by atoms with Gasteiger partial charge in [0.15, 0.2) is 0 Å². The summed E-state index contributed by atoms with van der Waals surface area (Å²) in [5.41, 5.74) is 4.70. The highest BCUT2D eigenvalue weighted by molar-refractivity contribution is 6.30. The second-order valence-corrected chi connectivity index (χ2v) is 5.73. The van der Waals surface area contributed by atoms with Crippen LogP contribution in [0.25, 0.3) is 0 Å². The van der Waals surface area contributed by atoms with Gasteiger partial charge in [0.2, 0.25) is 0 Å². The molecular formula is C18H19ClFN3O. The molecule has 0 bridgehead atoms. The van der Waals surface area contributed by atoms with Gasteiger partial charge in [-0.15, -0.1) is 0 Å². The van der Waals surface area contributed by atoms with Gasteiger partial charge in [-0.25, -0.2) is 9.82 Å². The lowest BCUT2D eigenvalue weighted by Gasteiger charge is -2.16. The molecule has 2 rings (SSSR count). The molecule has 1 amide bonds. The minimum absolute atomic E-state index is 0.242. The number of nitrogens with one attached hydrogen (secondary N) is 2. The molecule has 1 atom stereocenters. The number of rotatable bonds is 6.